The van der Waals surface area contributed by atoms with Crippen LogP contribution in [0.2, 0.25) is 0 Å². The van der Waals surface area contributed by atoms with Crippen molar-refractivity contribution in [1.29, 1.82) is 0 Å². The van der Waals surface area contributed by atoms with Gasteiger partial charge in [0.25, 0.3) is 0 Å². The van der Waals surface area contributed by atoms with Crippen molar-refractivity contribution in [3.8, 4) is 0 Å². The van der Waals surface area contributed by atoms with Gasteiger partial charge in [-0.3, -0.25) is 0 Å². The number of hydrogen-bond acceptors (Lipinski definition) is 1. The zero-order valence-electron chi connectivity index (χ0n) is 5.46. The Morgan fingerprint density at radius 3 is 3.09 bits per heavy atom. The molecule has 2 aromatic heterocycles. The predicted molar refractivity (Wildman–Crippen MR) is 55.6 cm³/mol. The van der Waals surface area contributed by atoms with Crippen molar-refractivity contribution >= 4 is 44.0 Å². The van der Waals surface area contributed by atoms with E-state index in [0.29, 0.717) is 0 Å². The van der Waals surface area contributed by atoms with Gasteiger partial charge < -0.3 is 0 Å². The molecule has 2 rings (SSSR count). The van der Waals surface area contributed by atoms with Crippen molar-refractivity contribution in [3.63, 3.8) is 0 Å². The lowest BCUT2D eigenvalue weighted by Gasteiger charge is -1.92. The normalized spacial score (nSPS) is 10.7. The second-order valence-electron chi connectivity index (χ2n) is 2.15. The Morgan fingerprint density at radius 1 is 1.55 bits per heavy atom. The Hall–Kier alpha value is -0.100. The van der Waals surface area contributed by atoms with Gasteiger partial charge in [0.1, 0.15) is 3.70 Å². The van der Waals surface area contributed by atoms with E-state index in [4.69, 9.17) is 0 Å². The van der Waals surface area contributed by atoms with Gasteiger partial charge in [-0.1, -0.05) is 0 Å². The van der Waals surface area contributed by atoms with E-state index in [1.165, 1.54) is 0 Å². The number of nitrogens with zero attached hydrogens (tertiary/aromatic N) is 2. The fourth-order valence-electron chi connectivity index (χ4n) is 0.951. The molecule has 0 saturated heterocycles. The minimum atomic E-state index is 1.01. The van der Waals surface area contributed by atoms with E-state index in [0.717, 1.165) is 13.7 Å². The summed E-state index contributed by atoms with van der Waals surface area (Å²) in [6.45, 7) is 0. The molecule has 56 valence electrons. The van der Waals surface area contributed by atoms with E-state index in [2.05, 4.69) is 43.6 Å². The zero-order valence-corrected chi connectivity index (χ0v) is 9.20. The van der Waals surface area contributed by atoms with Gasteiger partial charge in [0.05, 0.1) is 5.52 Å². The molecule has 0 N–H and O–H groups in total. The van der Waals surface area contributed by atoms with Gasteiger partial charge in [-0.05, 0) is 56.7 Å². The van der Waals surface area contributed by atoms with Crippen LogP contribution < -0.4 is 0 Å². The standard InChI is InChI=1S/C7H4BrIN2/c8-5-2-1-3-11-6(5)4-7(9)10-11/h1-4H. The molecule has 0 saturated carbocycles. The maximum atomic E-state index is 4.25. The number of halogens is 2. The first-order valence-electron chi connectivity index (χ1n) is 3.07. The summed E-state index contributed by atoms with van der Waals surface area (Å²) < 4.78 is 3.94. The van der Waals surface area contributed by atoms with Crippen LogP contribution in [-0.4, -0.2) is 9.61 Å². The van der Waals surface area contributed by atoms with E-state index in [1.807, 2.05) is 28.9 Å². The van der Waals surface area contributed by atoms with Gasteiger partial charge >= 0.3 is 0 Å². The number of fused-ring (bicyclic) bond motifs is 1. The molecule has 0 spiro atoms. The summed E-state index contributed by atoms with van der Waals surface area (Å²) in [5, 5.41) is 4.25. The quantitative estimate of drug-likeness (QED) is 0.682. The molecule has 0 radical (unpaired) electrons. The molecule has 0 bridgehead atoms. The maximum Gasteiger partial charge on any atom is 0.124 e. The Morgan fingerprint density at radius 2 is 2.36 bits per heavy atom. The molecule has 4 heteroatoms. The van der Waals surface area contributed by atoms with Gasteiger partial charge in [0.15, 0.2) is 0 Å². The van der Waals surface area contributed by atoms with Crippen molar-refractivity contribution < 1.29 is 0 Å². The second kappa shape index (κ2) is 2.75. The Balaban J connectivity index is 2.90. The monoisotopic (exact) mass is 322 g/mol. The molecule has 0 fully saturated rings. The Kier molecular flexibility index (Phi) is 1.88. The number of aromatic nitrogens is 2. The third kappa shape index (κ3) is 1.29. The molecule has 0 aliphatic rings. The molecule has 2 aromatic rings. The minimum Gasteiger partial charge on any atom is -0.239 e. The summed E-state index contributed by atoms with van der Waals surface area (Å²) >= 11 is 5.64. The molecule has 2 heterocycles. The smallest absolute Gasteiger partial charge is 0.124 e. The van der Waals surface area contributed by atoms with Gasteiger partial charge in [-0.15, -0.1) is 0 Å². The van der Waals surface area contributed by atoms with Crippen LogP contribution >= 0.6 is 38.5 Å². The first-order valence-corrected chi connectivity index (χ1v) is 4.94. The highest BCUT2D eigenvalue weighted by molar-refractivity contribution is 14.1. The van der Waals surface area contributed by atoms with Crippen LogP contribution in [-0.2, 0) is 0 Å². The van der Waals surface area contributed by atoms with Crippen LogP contribution in [0.15, 0.2) is 28.9 Å². The van der Waals surface area contributed by atoms with Crippen molar-refractivity contribution in [3.05, 3.63) is 32.6 Å². The van der Waals surface area contributed by atoms with Crippen LogP contribution in [0, 0.1) is 3.70 Å². The van der Waals surface area contributed by atoms with E-state index in [-0.39, 0.29) is 0 Å². The lowest BCUT2D eigenvalue weighted by molar-refractivity contribution is 0.943. The number of rotatable bonds is 0. The van der Waals surface area contributed by atoms with E-state index >= 15 is 0 Å². The Bertz CT molecular complexity index is 396. The molecular weight excluding hydrogens is 319 g/mol. The van der Waals surface area contributed by atoms with Crippen molar-refractivity contribution in [1.82, 2.24) is 9.61 Å². The van der Waals surface area contributed by atoms with Crippen molar-refractivity contribution in [2.24, 2.45) is 0 Å². The summed E-state index contributed by atoms with van der Waals surface area (Å²) in [7, 11) is 0. The minimum absolute atomic E-state index is 1.01. The van der Waals surface area contributed by atoms with Crippen molar-refractivity contribution in [2.45, 2.75) is 0 Å². The average Bonchev–Trinajstić information content (AvgIpc) is 2.31. The maximum absolute atomic E-state index is 4.25. The predicted octanol–water partition coefficient (Wildman–Crippen LogP) is 2.70. The first-order chi connectivity index (χ1) is 5.27. The zero-order chi connectivity index (χ0) is 7.84. The molecule has 2 nitrogen and oxygen atoms in total. The summed E-state index contributed by atoms with van der Waals surface area (Å²) in [4.78, 5) is 0. The van der Waals surface area contributed by atoms with E-state index in [9.17, 15) is 0 Å². The second-order valence-corrected chi connectivity index (χ2v) is 4.11. The fourth-order valence-corrected chi connectivity index (χ4v) is 1.93. The summed E-state index contributed by atoms with van der Waals surface area (Å²) in [5.41, 5.74) is 1.11. The average molecular weight is 323 g/mol. The van der Waals surface area contributed by atoms with Gasteiger partial charge in [0.2, 0.25) is 0 Å². The molecule has 11 heavy (non-hydrogen) atoms. The first kappa shape index (κ1) is 7.54. The highest BCUT2D eigenvalue weighted by Gasteiger charge is 1.99. The van der Waals surface area contributed by atoms with Gasteiger partial charge in [-0.25, -0.2) is 4.52 Å². The van der Waals surface area contributed by atoms with Gasteiger partial charge in [-0.2, -0.15) is 5.10 Å². The third-order valence-corrected chi connectivity index (χ3v) is 2.62. The van der Waals surface area contributed by atoms with Crippen LogP contribution in [0.1, 0.15) is 0 Å². The van der Waals surface area contributed by atoms with Gasteiger partial charge in [0, 0.05) is 10.7 Å². The lowest BCUT2D eigenvalue weighted by atomic mass is 10.4. The van der Waals surface area contributed by atoms with Crippen LogP contribution in [0.5, 0.6) is 0 Å². The molecule has 0 atom stereocenters. The molecule has 0 amide bonds. The fraction of sp³-hybridized carbons (Fsp3) is 0. The largest absolute Gasteiger partial charge is 0.239 e. The molecular formula is C7H4BrIN2. The van der Waals surface area contributed by atoms with Crippen LogP contribution in [0.3, 0.4) is 0 Å². The SMILES string of the molecule is Brc1cccn2nc(I)cc12. The highest BCUT2D eigenvalue weighted by atomic mass is 127. The molecule has 0 aliphatic carbocycles. The lowest BCUT2D eigenvalue weighted by Crippen LogP contribution is -1.85. The summed E-state index contributed by atoms with van der Waals surface area (Å²) in [5.74, 6) is 0. The highest BCUT2D eigenvalue weighted by Crippen LogP contribution is 2.18. The topological polar surface area (TPSA) is 17.3 Å². The summed E-state index contributed by atoms with van der Waals surface area (Å²) in [6.07, 6.45) is 1.93. The van der Waals surface area contributed by atoms with Crippen LogP contribution in [0.4, 0.5) is 0 Å². The molecule has 0 unspecified atom stereocenters. The summed E-state index contributed by atoms with van der Waals surface area (Å²) in [6, 6.07) is 6.00. The van der Waals surface area contributed by atoms with Crippen LogP contribution in [0.25, 0.3) is 5.52 Å². The third-order valence-electron chi connectivity index (χ3n) is 1.42. The van der Waals surface area contributed by atoms with Crippen molar-refractivity contribution in [2.75, 3.05) is 0 Å². The molecule has 0 aliphatic heterocycles. The number of pyridine rings is 1. The van der Waals surface area contributed by atoms with E-state index in [1.54, 1.807) is 0 Å². The van der Waals surface area contributed by atoms with E-state index < -0.39 is 0 Å². The number of hydrogen-bond donors (Lipinski definition) is 0. The molecule has 0 aromatic carbocycles. The Labute approximate surface area is 85.9 Å².